The van der Waals surface area contributed by atoms with Crippen molar-refractivity contribution in [2.45, 2.75) is 11.8 Å². The van der Waals surface area contributed by atoms with E-state index in [1.807, 2.05) is 18.2 Å². The summed E-state index contributed by atoms with van der Waals surface area (Å²) in [5.41, 5.74) is 1.33. The second kappa shape index (κ2) is 10.3. The molecule has 0 bridgehead atoms. The number of hydrogen-bond acceptors (Lipinski definition) is 0. The maximum absolute atomic E-state index is 3.48. The number of halogens is 1. The zero-order chi connectivity index (χ0) is 6.69. The van der Waals surface area contributed by atoms with E-state index in [1.165, 1.54) is 5.56 Å². The Hall–Kier alpha value is 1.26. The number of benzene rings is 1. The standard InChI is InChI=1S/C8H9Br.3Fe/c1-7(9)8-5-3-2-4-6-8;;;/h2-7H,1H3;;;. The minimum atomic E-state index is 0. The van der Waals surface area contributed by atoms with Crippen LogP contribution < -0.4 is 0 Å². The fourth-order valence-electron chi connectivity index (χ4n) is 0.718. The van der Waals surface area contributed by atoms with Crippen LogP contribution in [0.15, 0.2) is 30.3 Å². The molecule has 1 aromatic carbocycles. The minimum Gasteiger partial charge on any atom is -0.0842 e. The predicted molar refractivity (Wildman–Crippen MR) is 43.8 cm³/mol. The third kappa shape index (κ3) is 6.74. The quantitative estimate of drug-likeness (QED) is 0.538. The Kier molecular flexibility index (Phi) is 16.3. The van der Waals surface area contributed by atoms with Crippen LogP contribution in [0, 0.1) is 0 Å². The molecule has 0 heterocycles. The summed E-state index contributed by atoms with van der Waals surface area (Å²) in [5, 5.41) is 0. The number of alkyl halides is 1. The van der Waals surface area contributed by atoms with Gasteiger partial charge in [-0.25, -0.2) is 0 Å². The molecule has 0 fully saturated rings. The maximum atomic E-state index is 3.48. The van der Waals surface area contributed by atoms with Crippen molar-refractivity contribution in [1.29, 1.82) is 0 Å². The Morgan fingerprint density at radius 1 is 1.00 bits per heavy atom. The Labute approximate surface area is 114 Å². The molecule has 0 N–H and O–H groups in total. The Balaban J connectivity index is -0.000000270. The first-order chi connectivity index (χ1) is 4.30. The molecule has 0 aliphatic rings. The first kappa shape index (κ1) is 18.9. The average molecular weight is 353 g/mol. The molecule has 4 heteroatoms. The van der Waals surface area contributed by atoms with Crippen LogP contribution >= 0.6 is 15.9 Å². The van der Waals surface area contributed by atoms with E-state index in [4.69, 9.17) is 0 Å². The van der Waals surface area contributed by atoms with Gasteiger partial charge in [0.05, 0.1) is 0 Å². The second-order valence-electron chi connectivity index (χ2n) is 2.03. The summed E-state index contributed by atoms with van der Waals surface area (Å²) in [7, 11) is 0. The van der Waals surface area contributed by atoms with Crippen LogP contribution in [0.1, 0.15) is 17.3 Å². The molecule has 0 radical (unpaired) electrons. The van der Waals surface area contributed by atoms with Gasteiger partial charge in [0.15, 0.2) is 0 Å². The van der Waals surface area contributed by atoms with E-state index in [0.29, 0.717) is 4.83 Å². The van der Waals surface area contributed by atoms with E-state index in [-0.39, 0.29) is 51.2 Å². The fourth-order valence-corrected chi connectivity index (χ4v) is 1.02. The zero-order valence-electron chi connectivity index (χ0n) is 6.40. The number of rotatable bonds is 1. The monoisotopic (exact) mass is 352 g/mol. The van der Waals surface area contributed by atoms with Crippen molar-refractivity contribution in [3.63, 3.8) is 0 Å². The smallest absolute Gasteiger partial charge is 0.0367 e. The van der Waals surface area contributed by atoms with Gasteiger partial charge in [-0.15, -0.1) is 0 Å². The molecule has 0 spiro atoms. The first-order valence-corrected chi connectivity index (χ1v) is 3.91. The van der Waals surface area contributed by atoms with Gasteiger partial charge in [0.2, 0.25) is 0 Å². The molecule has 1 atom stereocenters. The van der Waals surface area contributed by atoms with Crippen LogP contribution in [0.4, 0.5) is 0 Å². The third-order valence-electron chi connectivity index (χ3n) is 1.26. The molecule has 0 saturated heterocycles. The molecular formula is C8H9BrFe3. The molecule has 72 valence electrons. The Morgan fingerprint density at radius 3 is 1.67 bits per heavy atom. The summed E-state index contributed by atoms with van der Waals surface area (Å²) in [6.45, 7) is 2.12. The van der Waals surface area contributed by atoms with Crippen molar-refractivity contribution in [2.24, 2.45) is 0 Å². The van der Waals surface area contributed by atoms with E-state index >= 15 is 0 Å². The summed E-state index contributed by atoms with van der Waals surface area (Å²) >= 11 is 3.48. The van der Waals surface area contributed by atoms with Crippen LogP contribution in [0.25, 0.3) is 0 Å². The molecule has 0 amide bonds. The van der Waals surface area contributed by atoms with Crippen LogP contribution in [-0.2, 0) is 51.2 Å². The molecule has 0 aromatic heterocycles. The minimum absolute atomic E-state index is 0. The Bertz CT molecular complexity index is 177. The van der Waals surface area contributed by atoms with E-state index in [0.717, 1.165) is 0 Å². The van der Waals surface area contributed by atoms with Crippen LogP contribution in [0.3, 0.4) is 0 Å². The van der Waals surface area contributed by atoms with Crippen LogP contribution in [-0.4, -0.2) is 0 Å². The van der Waals surface area contributed by atoms with Gasteiger partial charge >= 0.3 is 0 Å². The summed E-state index contributed by atoms with van der Waals surface area (Å²) in [5.74, 6) is 0. The van der Waals surface area contributed by atoms with Gasteiger partial charge in [-0.05, 0) is 12.5 Å². The van der Waals surface area contributed by atoms with E-state index < -0.39 is 0 Å². The second-order valence-corrected chi connectivity index (χ2v) is 3.40. The van der Waals surface area contributed by atoms with Crippen molar-refractivity contribution in [3.05, 3.63) is 35.9 Å². The van der Waals surface area contributed by atoms with E-state index in [2.05, 4.69) is 35.0 Å². The third-order valence-corrected chi connectivity index (χ3v) is 1.79. The molecule has 0 aliphatic heterocycles. The first-order valence-electron chi connectivity index (χ1n) is 2.99. The van der Waals surface area contributed by atoms with Gasteiger partial charge in [-0.3, -0.25) is 0 Å². The summed E-state index contributed by atoms with van der Waals surface area (Å²) in [6.07, 6.45) is 0. The van der Waals surface area contributed by atoms with Gasteiger partial charge in [-0.1, -0.05) is 46.3 Å². The molecule has 1 unspecified atom stereocenters. The molecule has 1 rings (SSSR count). The molecule has 12 heavy (non-hydrogen) atoms. The zero-order valence-corrected chi connectivity index (χ0v) is 11.3. The van der Waals surface area contributed by atoms with Crippen molar-refractivity contribution in [3.8, 4) is 0 Å². The predicted octanol–water partition coefficient (Wildman–Crippen LogP) is 3.14. The van der Waals surface area contributed by atoms with Crippen molar-refractivity contribution in [1.82, 2.24) is 0 Å². The van der Waals surface area contributed by atoms with E-state index in [1.54, 1.807) is 0 Å². The summed E-state index contributed by atoms with van der Waals surface area (Å²) in [4.78, 5) is 0.471. The largest absolute Gasteiger partial charge is 0.0842 e. The summed E-state index contributed by atoms with van der Waals surface area (Å²) in [6, 6.07) is 10.3. The van der Waals surface area contributed by atoms with Gasteiger partial charge < -0.3 is 0 Å². The molecule has 0 nitrogen and oxygen atoms in total. The number of hydrogen-bond donors (Lipinski definition) is 0. The van der Waals surface area contributed by atoms with Gasteiger partial charge in [-0.2, -0.15) is 0 Å². The van der Waals surface area contributed by atoms with Crippen LogP contribution in [0.2, 0.25) is 0 Å². The van der Waals surface area contributed by atoms with E-state index in [9.17, 15) is 0 Å². The topological polar surface area (TPSA) is 0 Å². The van der Waals surface area contributed by atoms with Gasteiger partial charge in [0.1, 0.15) is 0 Å². The SMILES string of the molecule is CC(Br)c1ccccc1.[Fe].[Fe].[Fe]. The summed E-state index contributed by atoms with van der Waals surface area (Å²) < 4.78 is 0. The maximum Gasteiger partial charge on any atom is 0.0367 e. The normalized spacial score (nSPS) is 9.83. The molecule has 0 saturated carbocycles. The van der Waals surface area contributed by atoms with Crippen molar-refractivity contribution < 1.29 is 51.2 Å². The average Bonchev–Trinajstić information content (AvgIpc) is 1.90. The van der Waals surface area contributed by atoms with Crippen LogP contribution in [0.5, 0.6) is 0 Å². The van der Waals surface area contributed by atoms with Crippen molar-refractivity contribution >= 4 is 15.9 Å². The Morgan fingerprint density at radius 2 is 1.42 bits per heavy atom. The molecule has 0 aliphatic carbocycles. The fraction of sp³-hybridized carbons (Fsp3) is 0.250. The van der Waals surface area contributed by atoms with Gasteiger partial charge in [0.25, 0.3) is 0 Å². The van der Waals surface area contributed by atoms with Gasteiger partial charge in [0, 0.05) is 56.0 Å². The van der Waals surface area contributed by atoms with Crippen molar-refractivity contribution in [2.75, 3.05) is 0 Å². The molecular weight excluding hydrogens is 344 g/mol. The molecule has 1 aromatic rings.